The highest BCUT2D eigenvalue weighted by atomic mass is 14.9. The molecular formula is C13H24N2. The van der Waals surface area contributed by atoms with E-state index in [0.717, 1.165) is 24.2 Å². The van der Waals surface area contributed by atoms with Crippen molar-refractivity contribution in [1.29, 1.82) is 0 Å². The Kier molecular flexibility index (Phi) is 7.74. The Morgan fingerprint density at radius 3 is 2.53 bits per heavy atom. The average Bonchev–Trinajstić information content (AvgIpc) is 2.26. The van der Waals surface area contributed by atoms with E-state index in [9.17, 15) is 0 Å². The summed E-state index contributed by atoms with van der Waals surface area (Å²) in [5.41, 5.74) is 1.96. The zero-order valence-corrected chi connectivity index (χ0v) is 10.1. The van der Waals surface area contributed by atoms with E-state index in [4.69, 9.17) is 0 Å². The van der Waals surface area contributed by atoms with Crippen LogP contribution in [0.1, 0.15) is 26.2 Å². The molecule has 0 spiro atoms. The number of rotatable bonds is 9. The van der Waals surface area contributed by atoms with E-state index in [0.29, 0.717) is 6.04 Å². The second-order valence-corrected chi connectivity index (χ2v) is 3.66. The molecule has 2 heteroatoms. The molecule has 0 aliphatic carbocycles. The van der Waals surface area contributed by atoms with Gasteiger partial charge in [0.05, 0.1) is 0 Å². The van der Waals surface area contributed by atoms with Gasteiger partial charge in [0.2, 0.25) is 0 Å². The Morgan fingerprint density at radius 2 is 2.07 bits per heavy atom. The van der Waals surface area contributed by atoms with Crippen molar-refractivity contribution in [3.8, 4) is 0 Å². The molecule has 2 N–H and O–H groups in total. The highest BCUT2D eigenvalue weighted by Gasteiger charge is 2.11. The van der Waals surface area contributed by atoms with Gasteiger partial charge in [-0.3, -0.25) is 0 Å². The van der Waals surface area contributed by atoms with Gasteiger partial charge in [-0.1, -0.05) is 39.0 Å². The average molecular weight is 208 g/mol. The number of likely N-dealkylation sites (N-methyl/N-ethyl adjacent to an activating group) is 1. The van der Waals surface area contributed by atoms with Crippen molar-refractivity contribution in [2.75, 3.05) is 13.6 Å². The molecule has 0 saturated carbocycles. The molecule has 1 unspecified atom stereocenters. The fourth-order valence-corrected chi connectivity index (χ4v) is 1.42. The normalized spacial score (nSPS) is 11.9. The lowest BCUT2D eigenvalue weighted by Crippen LogP contribution is -2.30. The quantitative estimate of drug-likeness (QED) is 0.449. The second kappa shape index (κ2) is 8.30. The first kappa shape index (κ1) is 14.0. The molecule has 0 amide bonds. The van der Waals surface area contributed by atoms with E-state index in [2.05, 4.69) is 37.3 Å². The van der Waals surface area contributed by atoms with Crippen molar-refractivity contribution in [2.45, 2.75) is 32.2 Å². The maximum atomic E-state index is 4.07. The Morgan fingerprint density at radius 1 is 1.40 bits per heavy atom. The molecule has 1 atom stereocenters. The third kappa shape index (κ3) is 5.43. The summed E-state index contributed by atoms with van der Waals surface area (Å²) >= 11 is 0. The smallest absolute Gasteiger partial charge is 0.0331 e. The Balaban J connectivity index is 4.11. The van der Waals surface area contributed by atoms with Gasteiger partial charge in [0.15, 0.2) is 0 Å². The van der Waals surface area contributed by atoms with Crippen LogP contribution in [0, 0.1) is 0 Å². The summed E-state index contributed by atoms with van der Waals surface area (Å²) < 4.78 is 0. The fraction of sp³-hybridized carbons (Fsp3) is 0.538. The van der Waals surface area contributed by atoms with Gasteiger partial charge in [-0.15, -0.1) is 6.58 Å². The van der Waals surface area contributed by atoms with Gasteiger partial charge >= 0.3 is 0 Å². The van der Waals surface area contributed by atoms with Gasteiger partial charge in [0.25, 0.3) is 0 Å². The van der Waals surface area contributed by atoms with Gasteiger partial charge in [0.1, 0.15) is 0 Å². The minimum absolute atomic E-state index is 0.328. The molecule has 0 bridgehead atoms. The number of unbranched alkanes of at least 4 members (excludes halogenated alkanes) is 1. The predicted octanol–water partition coefficient (Wildman–Crippen LogP) is 2.61. The lowest BCUT2D eigenvalue weighted by molar-refractivity contribution is 0.556. The van der Waals surface area contributed by atoms with Gasteiger partial charge in [-0.2, -0.15) is 0 Å². The van der Waals surface area contributed by atoms with Crippen LogP contribution in [0.5, 0.6) is 0 Å². The highest BCUT2D eigenvalue weighted by Crippen LogP contribution is 2.13. The molecule has 0 radical (unpaired) electrons. The van der Waals surface area contributed by atoms with Crippen molar-refractivity contribution in [1.82, 2.24) is 10.6 Å². The van der Waals surface area contributed by atoms with Crippen molar-refractivity contribution < 1.29 is 0 Å². The first-order chi connectivity index (χ1) is 7.17. The van der Waals surface area contributed by atoms with Crippen LogP contribution in [0.25, 0.3) is 0 Å². The first-order valence-corrected chi connectivity index (χ1v) is 5.57. The van der Waals surface area contributed by atoms with E-state index in [1.165, 1.54) is 12.8 Å². The zero-order chi connectivity index (χ0) is 11.7. The summed E-state index contributed by atoms with van der Waals surface area (Å²) in [7, 11) is 1.96. The molecule has 0 aliphatic rings. The molecule has 0 fully saturated rings. The molecule has 0 aromatic carbocycles. The minimum atomic E-state index is 0.328. The number of hydrogen-bond donors (Lipinski definition) is 2. The summed E-state index contributed by atoms with van der Waals surface area (Å²) in [5, 5.41) is 6.44. The number of nitrogens with one attached hydrogen (secondary N) is 2. The van der Waals surface area contributed by atoms with E-state index < -0.39 is 0 Å². The van der Waals surface area contributed by atoms with Gasteiger partial charge < -0.3 is 10.6 Å². The maximum Gasteiger partial charge on any atom is 0.0331 e. The van der Waals surface area contributed by atoms with Crippen molar-refractivity contribution in [3.05, 3.63) is 37.1 Å². The van der Waals surface area contributed by atoms with Crippen LogP contribution in [-0.2, 0) is 0 Å². The van der Waals surface area contributed by atoms with Gasteiger partial charge in [-0.25, -0.2) is 0 Å². The van der Waals surface area contributed by atoms with Crippen LogP contribution in [0.2, 0.25) is 0 Å². The predicted molar refractivity (Wildman–Crippen MR) is 68.9 cm³/mol. The second-order valence-electron chi connectivity index (χ2n) is 3.66. The Bertz CT molecular complexity index is 219. The maximum absolute atomic E-state index is 4.07. The van der Waals surface area contributed by atoms with E-state index in [1.54, 1.807) is 0 Å². The van der Waals surface area contributed by atoms with E-state index in [1.807, 2.05) is 13.1 Å². The van der Waals surface area contributed by atoms with Gasteiger partial charge in [0, 0.05) is 18.3 Å². The molecule has 2 nitrogen and oxygen atoms in total. The lowest BCUT2D eigenvalue weighted by atomic mass is 10.0. The standard InChI is InChI=1S/C13H24N2/c1-6-8-9-13(14-5)11(3)12(4)15-10-7-2/h7,13-15H,2-4,6,8-10H2,1,5H3. The van der Waals surface area contributed by atoms with Crippen molar-refractivity contribution >= 4 is 0 Å². The molecule has 0 heterocycles. The molecule has 0 aliphatic heterocycles. The molecular weight excluding hydrogens is 184 g/mol. The molecule has 0 rings (SSSR count). The van der Waals surface area contributed by atoms with Crippen LogP contribution >= 0.6 is 0 Å². The summed E-state index contributed by atoms with van der Waals surface area (Å²) in [6.07, 6.45) is 5.34. The SMILES string of the molecule is C=CCNC(=C)C(=C)C(CCCC)NC. The topological polar surface area (TPSA) is 24.1 Å². The lowest BCUT2D eigenvalue weighted by Gasteiger charge is -2.21. The summed E-state index contributed by atoms with van der Waals surface area (Å²) in [5.74, 6) is 0. The van der Waals surface area contributed by atoms with Crippen molar-refractivity contribution in [3.63, 3.8) is 0 Å². The van der Waals surface area contributed by atoms with Crippen LogP contribution in [-0.4, -0.2) is 19.6 Å². The molecule has 0 saturated heterocycles. The Labute approximate surface area is 94.1 Å². The van der Waals surface area contributed by atoms with Crippen LogP contribution in [0.4, 0.5) is 0 Å². The van der Waals surface area contributed by atoms with Crippen LogP contribution in [0.15, 0.2) is 37.1 Å². The fourth-order valence-electron chi connectivity index (χ4n) is 1.42. The Hall–Kier alpha value is -1.02. The molecule has 0 aromatic rings. The van der Waals surface area contributed by atoms with Crippen molar-refractivity contribution in [2.24, 2.45) is 0 Å². The summed E-state index contributed by atoms with van der Waals surface area (Å²) in [6.45, 7) is 14.6. The van der Waals surface area contributed by atoms with E-state index >= 15 is 0 Å². The van der Waals surface area contributed by atoms with Crippen LogP contribution < -0.4 is 10.6 Å². The first-order valence-electron chi connectivity index (χ1n) is 5.57. The highest BCUT2D eigenvalue weighted by molar-refractivity contribution is 5.28. The van der Waals surface area contributed by atoms with Gasteiger partial charge in [-0.05, 0) is 19.0 Å². The monoisotopic (exact) mass is 208 g/mol. The molecule has 86 valence electrons. The summed E-state index contributed by atoms with van der Waals surface area (Å²) in [4.78, 5) is 0. The van der Waals surface area contributed by atoms with E-state index in [-0.39, 0.29) is 0 Å². The zero-order valence-electron chi connectivity index (χ0n) is 10.1. The third-order valence-electron chi connectivity index (χ3n) is 2.46. The van der Waals surface area contributed by atoms with Crippen LogP contribution in [0.3, 0.4) is 0 Å². The molecule has 15 heavy (non-hydrogen) atoms. The molecule has 0 aromatic heterocycles. The largest absolute Gasteiger partial charge is 0.382 e. The minimum Gasteiger partial charge on any atom is -0.382 e. The number of hydrogen-bond acceptors (Lipinski definition) is 2. The summed E-state index contributed by atoms with van der Waals surface area (Å²) in [6, 6.07) is 0.328. The third-order valence-corrected chi connectivity index (χ3v) is 2.46.